The van der Waals surface area contributed by atoms with Crippen LogP contribution < -0.4 is 0 Å². The van der Waals surface area contributed by atoms with Gasteiger partial charge in [0.25, 0.3) is 0 Å². The molecule has 132 valence electrons. The minimum atomic E-state index is -0.565. The lowest BCUT2D eigenvalue weighted by atomic mass is 9.80. The van der Waals surface area contributed by atoms with E-state index in [9.17, 15) is 9.59 Å². The molecule has 0 saturated carbocycles. The maximum absolute atomic E-state index is 12.3. The number of methoxy groups -OCH3 is 1. The molecular formula is C18H24ClNO4. The Morgan fingerprint density at radius 2 is 1.83 bits per heavy atom. The summed E-state index contributed by atoms with van der Waals surface area (Å²) < 4.78 is 10.4. The molecule has 2 rings (SSSR count). The summed E-state index contributed by atoms with van der Waals surface area (Å²) >= 11 is 5.94. The minimum Gasteiger partial charge on any atom is -0.469 e. The third kappa shape index (κ3) is 4.63. The Bertz CT molecular complexity index is 594. The zero-order valence-corrected chi connectivity index (χ0v) is 15.3. The second kappa shape index (κ2) is 7.43. The standard InChI is InChI=1S/C18H24ClNO4/c1-18(2,3)24-17(22)20-10-9-14(15(11-20)16(21)23-4)12-5-7-13(19)8-6-12/h5-8,14-15H,9-11H2,1-4H3/t14-,15-/m0/s1. The second-order valence-corrected chi connectivity index (χ2v) is 7.44. The van der Waals surface area contributed by atoms with Crippen LogP contribution in [-0.4, -0.2) is 42.8 Å². The maximum Gasteiger partial charge on any atom is 0.410 e. The molecule has 0 bridgehead atoms. The summed E-state index contributed by atoms with van der Waals surface area (Å²) in [6.45, 7) is 6.29. The first kappa shape index (κ1) is 18.6. The molecule has 6 heteroatoms. The Balaban J connectivity index is 2.17. The molecule has 1 aliphatic heterocycles. The van der Waals surface area contributed by atoms with Crippen LogP contribution in [0.3, 0.4) is 0 Å². The van der Waals surface area contributed by atoms with E-state index >= 15 is 0 Å². The van der Waals surface area contributed by atoms with E-state index in [1.54, 1.807) is 4.90 Å². The smallest absolute Gasteiger partial charge is 0.410 e. The number of halogens is 1. The molecule has 1 heterocycles. The van der Waals surface area contributed by atoms with Gasteiger partial charge in [-0.05, 0) is 44.9 Å². The number of piperidine rings is 1. The number of carbonyl (C=O) groups excluding carboxylic acids is 2. The van der Waals surface area contributed by atoms with Crippen molar-refractivity contribution in [1.82, 2.24) is 4.90 Å². The number of benzene rings is 1. The predicted octanol–water partition coefficient (Wildman–Crippen LogP) is 3.85. The van der Waals surface area contributed by atoms with Crippen molar-refractivity contribution in [2.75, 3.05) is 20.2 Å². The summed E-state index contributed by atoms with van der Waals surface area (Å²) in [5, 5.41) is 0.652. The van der Waals surface area contributed by atoms with Crippen LogP contribution in [0.2, 0.25) is 5.02 Å². The van der Waals surface area contributed by atoms with Crippen LogP contribution in [0, 0.1) is 5.92 Å². The lowest BCUT2D eigenvalue weighted by Gasteiger charge is -2.37. The fourth-order valence-electron chi connectivity index (χ4n) is 2.94. The molecule has 5 nitrogen and oxygen atoms in total. The van der Waals surface area contributed by atoms with E-state index < -0.39 is 17.6 Å². The number of ether oxygens (including phenoxy) is 2. The number of hydrogen-bond donors (Lipinski definition) is 0. The van der Waals surface area contributed by atoms with Gasteiger partial charge in [0.2, 0.25) is 0 Å². The highest BCUT2D eigenvalue weighted by atomic mass is 35.5. The highest BCUT2D eigenvalue weighted by Gasteiger charge is 2.38. The molecule has 1 amide bonds. The number of amides is 1. The molecule has 0 aliphatic carbocycles. The van der Waals surface area contributed by atoms with Gasteiger partial charge in [-0.3, -0.25) is 4.79 Å². The zero-order valence-electron chi connectivity index (χ0n) is 14.5. The van der Waals surface area contributed by atoms with Crippen LogP contribution in [0.15, 0.2) is 24.3 Å². The van der Waals surface area contributed by atoms with Crippen molar-refractivity contribution in [3.63, 3.8) is 0 Å². The van der Waals surface area contributed by atoms with Crippen molar-refractivity contribution in [2.45, 2.75) is 38.7 Å². The molecular weight excluding hydrogens is 330 g/mol. The number of esters is 1. The molecule has 1 aromatic carbocycles. The monoisotopic (exact) mass is 353 g/mol. The number of nitrogens with zero attached hydrogens (tertiary/aromatic N) is 1. The molecule has 0 aromatic heterocycles. The van der Waals surface area contributed by atoms with Crippen molar-refractivity contribution in [3.05, 3.63) is 34.9 Å². The molecule has 0 radical (unpaired) electrons. The van der Waals surface area contributed by atoms with Crippen molar-refractivity contribution in [3.8, 4) is 0 Å². The molecule has 1 aliphatic rings. The van der Waals surface area contributed by atoms with Crippen molar-refractivity contribution in [2.24, 2.45) is 5.92 Å². The number of rotatable bonds is 2. The van der Waals surface area contributed by atoms with Gasteiger partial charge in [-0.1, -0.05) is 23.7 Å². The fourth-order valence-corrected chi connectivity index (χ4v) is 3.07. The maximum atomic E-state index is 12.3. The predicted molar refractivity (Wildman–Crippen MR) is 92.1 cm³/mol. The van der Waals surface area contributed by atoms with E-state index in [4.69, 9.17) is 21.1 Å². The van der Waals surface area contributed by atoms with E-state index in [0.717, 1.165) is 5.56 Å². The fraction of sp³-hybridized carbons (Fsp3) is 0.556. The zero-order chi connectivity index (χ0) is 17.9. The third-order valence-electron chi connectivity index (χ3n) is 4.07. The van der Waals surface area contributed by atoms with Gasteiger partial charge in [-0.15, -0.1) is 0 Å². The Labute approximate surface area is 147 Å². The Morgan fingerprint density at radius 1 is 1.21 bits per heavy atom. The summed E-state index contributed by atoms with van der Waals surface area (Å²) in [4.78, 5) is 26.1. The van der Waals surface area contributed by atoms with Gasteiger partial charge in [0.05, 0.1) is 13.0 Å². The van der Waals surface area contributed by atoms with Gasteiger partial charge in [0, 0.05) is 24.0 Å². The van der Waals surface area contributed by atoms with Gasteiger partial charge in [-0.25, -0.2) is 4.79 Å². The van der Waals surface area contributed by atoms with Gasteiger partial charge in [0.15, 0.2) is 0 Å². The quantitative estimate of drug-likeness (QED) is 0.758. The normalized spacial score (nSPS) is 21.3. The van der Waals surface area contributed by atoms with E-state index in [0.29, 0.717) is 18.0 Å². The van der Waals surface area contributed by atoms with Crippen LogP contribution in [0.4, 0.5) is 4.79 Å². The van der Waals surface area contributed by atoms with Crippen molar-refractivity contribution in [1.29, 1.82) is 0 Å². The highest BCUT2D eigenvalue weighted by Crippen LogP contribution is 2.35. The molecule has 1 fully saturated rings. The molecule has 0 N–H and O–H groups in total. The number of hydrogen-bond acceptors (Lipinski definition) is 4. The van der Waals surface area contributed by atoms with E-state index in [1.165, 1.54) is 7.11 Å². The molecule has 1 saturated heterocycles. The number of likely N-dealkylation sites (tertiary alicyclic amines) is 1. The second-order valence-electron chi connectivity index (χ2n) is 7.00. The number of carbonyl (C=O) groups is 2. The summed E-state index contributed by atoms with van der Waals surface area (Å²) in [5.74, 6) is -0.742. The molecule has 0 unspecified atom stereocenters. The summed E-state index contributed by atoms with van der Waals surface area (Å²) in [6, 6.07) is 7.47. The van der Waals surface area contributed by atoms with Crippen LogP contribution in [0.1, 0.15) is 38.7 Å². The average molecular weight is 354 g/mol. The first-order valence-corrected chi connectivity index (χ1v) is 8.40. The van der Waals surface area contributed by atoms with Crippen molar-refractivity contribution < 1.29 is 19.1 Å². The summed E-state index contributed by atoms with van der Waals surface area (Å²) in [6.07, 6.45) is 0.270. The van der Waals surface area contributed by atoms with Gasteiger partial charge in [0.1, 0.15) is 5.60 Å². The summed E-state index contributed by atoms with van der Waals surface area (Å²) in [5.41, 5.74) is 0.462. The topological polar surface area (TPSA) is 55.8 Å². The van der Waals surface area contributed by atoms with Gasteiger partial charge < -0.3 is 14.4 Å². The van der Waals surface area contributed by atoms with Gasteiger partial charge >= 0.3 is 12.1 Å². The Hall–Kier alpha value is -1.75. The van der Waals surface area contributed by atoms with Crippen LogP contribution in [0.25, 0.3) is 0 Å². The first-order chi connectivity index (χ1) is 11.2. The lowest BCUT2D eigenvalue weighted by Crippen LogP contribution is -2.47. The summed E-state index contributed by atoms with van der Waals surface area (Å²) in [7, 11) is 1.37. The SMILES string of the molecule is COC(=O)[C@H]1CN(C(=O)OC(C)(C)C)CC[C@H]1c1ccc(Cl)cc1. The molecule has 24 heavy (non-hydrogen) atoms. The van der Waals surface area contributed by atoms with Crippen LogP contribution in [-0.2, 0) is 14.3 Å². The van der Waals surface area contributed by atoms with E-state index in [-0.39, 0.29) is 18.4 Å². The first-order valence-electron chi connectivity index (χ1n) is 8.02. The van der Waals surface area contributed by atoms with E-state index in [2.05, 4.69) is 0 Å². The minimum absolute atomic E-state index is 0.00611. The molecule has 1 aromatic rings. The highest BCUT2D eigenvalue weighted by molar-refractivity contribution is 6.30. The van der Waals surface area contributed by atoms with Crippen LogP contribution >= 0.6 is 11.6 Å². The van der Waals surface area contributed by atoms with Crippen LogP contribution in [0.5, 0.6) is 0 Å². The lowest BCUT2D eigenvalue weighted by molar-refractivity contribution is -0.148. The third-order valence-corrected chi connectivity index (χ3v) is 4.32. The molecule has 2 atom stereocenters. The van der Waals surface area contributed by atoms with Gasteiger partial charge in [-0.2, -0.15) is 0 Å². The molecule has 0 spiro atoms. The average Bonchev–Trinajstić information content (AvgIpc) is 2.52. The van der Waals surface area contributed by atoms with E-state index in [1.807, 2.05) is 45.0 Å². The largest absolute Gasteiger partial charge is 0.469 e. The Morgan fingerprint density at radius 3 is 2.38 bits per heavy atom. The Kier molecular flexibility index (Phi) is 5.75. The van der Waals surface area contributed by atoms with Crippen molar-refractivity contribution >= 4 is 23.7 Å².